The molecule has 0 spiro atoms. The molecule has 5 aliphatic carbocycles. The van der Waals surface area contributed by atoms with Gasteiger partial charge in [-0.05, 0) is 97.2 Å². The van der Waals surface area contributed by atoms with Gasteiger partial charge in [-0.25, -0.2) is 0 Å². The third kappa shape index (κ3) is 2.70. The largest absolute Gasteiger partial charge is 0.481 e. The highest BCUT2D eigenvalue weighted by Gasteiger charge is 2.70. The zero-order valence-electron chi connectivity index (χ0n) is 22.4. The Kier molecular flexibility index (Phi) is 5.20. The molecule has 5 rings (SSSR count). The highest BCUT2D eigenvalue weighted by Crippen LogP contribution is 2.75. The van der Waals surface area contributed by atoms with Gasteiger partial charge in [-0.3, -0.25) is 9.59 Å². The molecule has 34 heavy (non-hydrogen) atoms. The average molecular weight is 471 g/mol. The maximum absolute atomic E-state index is 13.0. The minimum atomic E-state index is -0.873. The van der Waals surface area contributed by atoms with E-state index < -0.39 is 22.9 Å². The van der Waals surface area contributed by atoms with Crippen molar-refractivity contribution in [3.05, 3.63) is 11.6 Å². The summed E-state index contributed by atoms with van der Waals surface area (Å²) < 4.78 is 0. The molecular weight excluding hydrogens is 424 g/mol. The minimum Gasteiger partial charge on any atom is -0.481 e. The maximum atomic E-state index is 13.0. The number of fused-ring (bicyclic) bond motifs is 7. The van der Waals surface area contributed by atoms with Crippen molar-refractivity contribution in [2.24, 2.45) is 56.7 Å². The first-order valence-corrected chi connectivity index (χ1v) is 13.8. The van der Waals surface area contributed by atoms with Gasteiger partial charge in [0.1, 0.15) is 6.10 Å². The van der Waals surface area contributed by atoms with Gasteiger partial charge in [0.2, 0.25) is 0 Å². The summed E-state index contributed by atoms with van der Waals surface area (Å²) in [5.41, 5.74) is 0.238. The van der Waals surface area contributed by atoms with Crippen molar-refractivity contribution in [2.45, 2.75) is 106 Å². The Morgan fingerprint density at radius 1 is 0.971 bits per heavy atom. The molecule has 0 aliphatic heterocycles. The summed E-state index contributed by atoms with van der Waals surface area (Å²) in [6, 6.07) is 0. The number of Topliss-reactive ketones (excluding diaryl/α,β-unsaturated/α-hetero) is 1. The number of allylic oxidation sites excluding steroid dienone is 2. The Morgan fingerprint density at radius 3 is 2.29 bits per heavy atom. The van der Waals surface area contributed by atoms with E-state index in [2.05, 4.69) is 54.5 Å². The highest BCUT2D eigenvalue weighted by molar-refractivity contribution is 5.89. The van der Waals surface area contributed by atoms with E-state index >= 15 is 0 Å². The highest BCUT2D eigenvalue weighted by atomic mass is 16.4. The summed E-state index contributed by atoms with van der Waals surface area (Å²) in [4.78, 5) is 25.8. The lowest BCUT2D eigenvalue weighted by Crippen LogP contribution is -2.66. The third-order valence-electron chi connectivity index (χ3n) is 13.1. The lowest BCUT2D eigenvalue weighted by molar-refractivity contribution is -0.201. The molecular formula is C30H46O4. The molecule has 0 radical (unpaired) electrons. The van der Waals surface area contributed by atoms with Gasteiger partial charge in [0.05, 0.1) is 5.41 Å². The van der Waals surface area contributed by atoms with Crippen LogP contribution in [0.25, 0.3) is 0 Å². The van der Waals surface area contributed by atoms with Crippen LogP contribution in [0.2, 0.25) is 0 Å². The Morgan fingerprint density at radius 2 is 1.65 bits per heavy atom. The molecule has 10 atom stereocenters. The van der Waals surface area contributed by atoms with Crippen molar-refractivity contribution in [1.29, 1.82) is 0 Å². The predicted molar refractivity (Wildman–Crippen MR) is 133 cm³/mol. The van der Waals surface area contributed by atoms with Crippen molar-refractivity contribution in [2.75, 3.05) is 0 Å². The summed E-state index contributed by atoms with van der Waals surface area (Å²) in [5, 5.41) is 21.4. The van der Waals surface area contributed by atoms with Crippen LogP contribution in [-0.4, -0.2) is 28.1 Å². The van der Waals surface area contributed by atoms with E-state index in [1.165, 1.54) is 5.57 Å². The van der Waals surface area contributed by atoms with Crippen molar-refractivity contribution < 1.29 is 19.8 Å². The molecule has 2 N–H and O–H groups in total. The predicted octanol–water partition coefficient (Wildman–Crippen LogP) is 6.27. The number of carbonyl (C=O) groups is 2. The molecule has 0 aromatic heterocycles. The topological polar surface area (TPSA) is 74.6 Å². The molecule has 0 unspecified atom stereocenters. The number of carbonyl (C=O) groups excluding carboxylic acids is 1. The summed E-state index contributed by atoms with van der Waals surface area (Å²) in [7, 11) is 0. The Hall–Kier alpha value is -1.16. The first kappa shape index (κ1) is 24.5. The summed E-state index contributed by atoms with van der Waals surface area (Å²) >= 11 is 0. The molecule has 4 fully saturated rings. The molecule has 4 nitrogen and oxygen atoms in total. The summed E-state index contributed by atoms with van der Waals surface area (Å²) in [5.74, 6) is 1.14. The molecule has 190 valence electrons. The standard InChI is InChI=1S/C30H46O4/c1-17-10-13-30(25(33)34)15-14-28(6)19(23(30)18(17)2)8-9-22-27(5)16-20(31)24(32)26(3,4)21(27)11-12-29(22,28)7/h8,17-18,20-23,31H,9-16H2,1-7H3,(H,33,34)/t17-,18+,20-,21+,22-,23+,27+,28-,29-,30+/m1/s1. The van der Waals surface area contributed by atoms with E-state index in [0.717, 1.165) is 44.9 Å². The van der Waals surface area contributed by atoms with E-state index in [4.69, 9.17) is 0 Å². The fourth-order valence-corrected chi connectivity index (χ4v) is 10.8. The third-order valence-corrected chi connectivity index (χ3v) is 13.1. The lowest BCUT2D eigenvalue weighted by Gasteiger charge is -2.71. The second-order valence-electron chi connectivity index (χ2n) is 14.4. The average Bonchev–Trinajstić information content (AvgIpc) is 2.75. The van der Waals surface area contributed by atoms with Crippen molar-refractivity contribution >= 4 is 11.8 Å². The van der Waals surface area contributed by atoms with Crippen LogP contribution in [-0.2, 0) is 9.59 Å². The second kappa shape index (κ2) is 7.20. The lowest BCUT2D eigenvalue weighted by atomic mass is 9.33. The van der Waals surface area contributed by atoms with Crippen LogP contribution in [0.5, 0.6) is 0 Å². The second-order valence-corrected chi connectivity index (χ2v) is 14.4. The molecule has 5 aliphatic rings. The molecule has 4 saturated carbocycles. The zero-order chi connectivity index (χ0) is 25.1. The fourth-order valence-electron chi connectivity index (χ4n) is 10.8. The van der Waals surface area contributed by atoms with Crippen LogP contribution in [0.4, 0.5) is 0 Å². The smallest absolute Gasteiger partial charge is 0.310 e. The SMILES string of the molecule is C[C@H]1[C@H](C)CC[C@]2(C(=O)O)CC[C@]3(C)C(=CC[C@@H]4[C@@]5(C)C[C@@H](O)C(=O)C(C)(C)[C@@H]5CC[C@]43C)[C@H]12. The van der Waals surface area contributed by atoms with Gasteiger partial charge in [0, 0.05) is 5.41 Å². The quantitative estimate of drug-likeness (QED) is 0.443. The first-order valence-electron chi connectivity index (χ1n) is 13.8. The number of carboxylic acid groups (broad SMARTS) is 1. The van der Waals surface area contributed by atoms with Gasteiger partial charge >= 0.3 is 5.97 Å². The number of hydrogen-bond donors (Lipinski definition) is 2. The molecule has 4 heteroatoms. The Labute approximate surface area is 206 Å². The van der Waals surface area contributed by atoms with Crippen molar-refractivity contribution in [1.82, 2.24) is 0 Å². The zero-order valence-corrected chi connectivity index (χ0v) is 22.4. The van der Waals surface area contributed by atoms with Crippen LogP contribution < -0.4 is 0 Å². The first-order chi connectivity index (χ1) is 15.7. The molecule has 0 bridgehead atoms. The molecule has 0 aromatic rings. The van der Waals surface area contributed by atoms with Gasteiger partial charge in [-0.1, -0.05) is 60.1 Å². The number of ketones is 1. The van der Waals surface area contributed by atoms with Gasteiger partial charge in [-0.15, -0.1) is 0 Å². The molecule has 0 saturated heterocycles. The van der Waals surface area contributed by atoms with Gasteiger partial charge in [-0.2, -0.15) is 0 Å². The van der Waals surface area contributed by atoms with Crippen LogP contribution in [0, 0.1) is 56.7 Å². The number of aliphatic carboxylic acids is 1. The summed E-state index contributed by atoms with van der Waals surface area (Å²) in [6.07, 6.45) is 8.70. The van der Waals surface area contributed by atoms with E-state index in [1.54, 1.807) is 0 Å². The van der Waals surface area contributed by atoms with E-state index in [-0.39, 0.29) is 33.9 Å². The normalized spacial score (nSPS) is 54.1. The van der Waals surface area contributed by atoms with Crippen LogP contribution in [0.15, 0.2) is 11.6 Å². The number of hydrogen-bond acceptors (Lipinski definition) is 3. The van der Waals surface area contributed by atoms with Gasteiger partial charge < -0.3 is 10.2 Å². The molecule has 0 heterocycles. The van der Waals surface area contributed by atoms with Crippen molar-refractivity contribution in [3.63, 3.8) is 0 Å². The van der Waals surface area contributed by atoms with Crippen LogP contribution >= 0.6 is 0 Å². The van der Waals surface area contributed by atoms with Crippen LogP contribution in [0.1, 0.15) is 99.8 Å². The van der Waals surface area contributed by atoms with E-state index in [9.17, 15) is 19.8 Å². The number of rotatable bonds is 1. The van der Waals surface area contributed by atoms with Crippen molar-refractivity contribution in [3.8, 4) is 0 Å². The maximum Gasteiger partial charge on any atom is 0.310 e. The minimum absolute atomic E-state index is 0.0192. The van der Waals surface area contributed by atoms with Gasteiger partial charge in [0.25, 0.3) is 0 Å². The molecule has 0 amide bonds. The van der Waals surface area contributed by atoms with Gasteiger partial charge in [0.15, 0.2) is 5.78 Å². The summed E-state index contributed by atoms with van der Waals surface area (Å²) in [6.45, 7) is 16.0. The molecule has 0 aromatic carbocycles. The van der Waals surface area contributed by atoms with E-state index in [0.29, 0.717) is 24.2 Å². The van der Waals surface area contributed by atoms with Crippen LogP contribution in [0.3, 0.4) is 0 Å². The Balaban J connectivity index is 1.63. The van der Waals surface area contributed by atoms with E-state index in [1.807, 2.05) is 0 Å². The Bertz CT molecular complexity index is 949. The number of carboxylic acids is 1. The number of aliphatic hydroxyl groups is 1. The number of aliphatic hydroxyl groups excluding tert-OH is 1. The fraction of sp³-hybridized carbons (Fsp3) is 0.867. The monoisotopic (exact) mass is 470 g/mol.